The van der Waals surface area contributed by atoms with Crippen LogP contribution >= 0.6 is 11.3 Å². The SMILES string of the molecule is CCCCCCCCc1cc2sc(-c3ccc(N=Nc4ccc(N(CC)CC)cc4)cc3)nc2cc1F. The molecule has 0 spiro atoms. The second-order valence-electron chi connectivity index (χ2n) is 9.38. The van der Waals surface area contributed by atoms with E-state index < -0.39 is 0 Å². The molecule has 0 radical (unpaired) electrons. The molecule has 0 aliphatic rings. The van der Waals surface area contributed by atoms with E-state index in [1.165, 1.54) is 31.4 Å². The Kier molecular flexibility index (Phi) is 9.78. The molecule has 0 atom stereocenters. The van der Waals surface area contributed by atoms with Crippen LogP contribution in [-0.2, 0) is 6.42 Å². The normalized spacial score (nSPS) is 11.6. The molecule has 6 heteroatoms. The van der Waals surface area contributed by atoms with Gasteiger partial charge < -0.3 is 4.90 Å². The lowest BCUT2D eigenvalue weighted by atomic mass is 10.0. The van der Waals surface area contributed by atoms with Gasteiger partial charge >= 0.3 is 0 Å². The van der Waals surface area contributed by atoms with Gasteiger partial charge in [-0.25, -0.2) is 9.37 Å². The minimum absolute atomic E-state index is 0.140. The van der Waals surface area contributed by atoms with Gasteiger partial charge in [0.1, 0.15) is 10.8 Å². The molecule has 1 heterocycles. The van der Waals surface area contributed by atoms with Crippen LogP contribution in [-0.4, -0.2) is 18.1 Å². The molecule has 194 valence electrons. The Bertz CT molecular complexity index is 1290. The van der Waals surface area contributed by atoms with Crippen molar-refractivity contribution in [2.45, 2.75) is 65.7 Å². The Labute approximate surface area is 224 Å². The first-order valence-electron chi connectivity index (χ1n) is 13.6. The van der Waals surface area contributed by atoms with Gasteiger partial charge in [0.15, 0.2) is 0 Å². The van der Waals surface area contributed by atoms with Crippen LogP contribution in [0.25, 0.3) is 20.8 Å². The lowest BCUT2D eigenvalue weighted by Gasteiger charge is -2.20. The van der Waals surface area contributed by atoms with Gasteiger partial charge in [-0.1, -0.05) is 39.0 Å². The Morgan fingerprint density at radius 2 is 1.41 bits per heavy atom. The van der Waals surface area contributed by atoms with Crippen molar-refractivity contribution in [3.8, 4) is 10.6 Å². The molecule has 1 aromatic heterocycles. The van der Waals surface area contributed by atoms with E-state index in [0.29, 0.717) is 0 Å². The van der Waals surface area contributed by atoms with Crippen LogP contribution in [0.4, 0.5) is 21.5 Å². The number of nitrogens with zero attached hydrogens (tertiary/aromatic N) is 4. The van der Waals surface area contributed by atoms with E-state index in [2.05, 4.69) is 48.0 Å². The van der Waals surface area contributed by atoms with Gasteiger partial charge in [0.05, 0.1) is 21.6 Å². The maximum absolute atomic E-state index is 14.7. The first-order chi connectivity index (χ1) is 18.1. The summed E-state index contributed by atoms with van der Waals surface area (Å²) in [6, 6.07) is 19.6. The predicted molar refractivity (Wildman–Crippen MR) is 156 cm³/mol. The quantitative estimate of drug-likeness (QED) is 0.131. The average molecular weight is 517 g/mol. The first kappa shape index (κ1) is 26.9. The van der Waals surface area contributed by atoms with Crippen molar-refractivity contribution in [1.29, 1.82) is 0 Å². The number of halogens is 1. The molecule has 0 aliphatic carbocycles. The molecule has 4 nitrogen and oxygen atoms in total. The summed E-state index contributed by atoms with van der Waals surface area (Å²) in [7, 11) is 0. The van der Waals surface area contributed by atoms with Gasteiger partial charge in [0.2, 0.25) is 0 Å². The highest BCUT2D eigenvalue weighted by molar-refractivity contribution is 7.21. The number of azo groups is 1. The number of thiazole rings is 1. The molecule has 0 saturated carbocycles. The smallest absolute Gasteiger partial charge is 0.128 e. The molecule has 0 N–H and O–H groups in total. The fraction of sp³-hybridized carbons (Fsp3) is 0.387. The number of hydrogen-bond acceptors (Lipinski definition) is 5. The number of fused-ring (bicyclic) bond motifs is 1. The Morgan fingerprint density at radius 3 is 2.05 bits per heavy atom. The fourth-order valence-electron chi connectivity index (χ4n) is 4.51. The van der Waals surface area contributed by atoms with Gasteiger partial charge in [-0.15, -0.1) is 11.3 Å². The maximum atomic E-state index is 14.7. The number of rotatable bonds is 13. The van der Waals surface area contributed by atoms with Crippen LogP contribution in [0.3, 0.4) is 0 Å². The summed E-state index contributed by atoms with van der Waals surface area (Å²) in [5, 5.41) is 9.66. The zero-order valence-electron chi connectivity index (χ0n) is 22.2. The van der Waals surface area contributed by atoms with Gasteiger partial charge in [-0.05, 0) is 86.8 Å². The highest BCUT2D eigenvalue weighted by atomic mass is 32.1. The summed E-state index contributed by atoms with van der Waals surface area (Å²) in [6.45, 7) is 8.49. The summed E-state index contributed by atoms with van der Waals surface area (Å²) in [6.07, 6.45) is 8.04. The van der Waals surface area contributed by atoms with Crippen LogP contribution in [0.2, 0.25) is 0 Å². The predicted octanol–water partition coefficient (Wildman–Crippen LogP) is 10.3. The number of aryl methyl sites for hydroxylation is 1. The van der Waals surface area contributed by atoms with Crippen molar-refractivity contribution in [1.82, 2.24) is 4.98 Å². The third kappa shape index (κ3) is 7.22. The molecular formula is C31H37FN4S. The molecule has 0 aliphatic heterocycles. The second-order valence-corrected chi connectivity index (χ2v) is 10.4. The topological polar surface area (TPSA) is 40.9 Å². The third-order valence-electron chi connectivity index (χ3n) is 6.73. The minimum Gasteiger partial charge on any atom is -0.372 e. The summed E-state index contributed by atoms with van der Waals surface area (Å²) in [4.78, 5) is 6.99. The fourth-order valence-corrected chi connectivity index (χ4v) is 5.52. The van der Waals surface area contributed by atoms with Crippen LogP contribution < -0.4 is 4.90 Å². The molecule has 3 aromatic carbocycles. The molecule has 4 aromatic rings. The Balaban J connectivity index is 1.40. The molecule has 0 bridgehead atoms. The van der Waals surface area contributed by atoms with Crippen molar-refractivity contribution in [2.75, 3.05) is 18.0 Å². The molecular weight excluding hydrogens is 479 g/mol. The van der Waals surface area contributed by atoms with Crippen LogP contribution in [0, 0.1) is 5.82 Å². The number of anilines is 1. The Hall–Kier alpha value is -3.12. The lowest BCUT2D eigenvalue weighted by Crippen LogP contribution is -2.21. The summed E-state index contributed by atoms with van der Waals surface area (Å²) in [5.41, 5.74) is 5.33. The van der Waals surface area contributed by atoms with Gasteiger partial charge in [-0.2, -0.15) is 10.2 Å². The maximum Gasteiger partial charge on any atom is 0.128 e. The number of hydrogen-bond donors (Lipinski definition) is 0. The van der Waals surface area contributed by atoms with E-state index in [1.54, 1.807) is 17.4 Å². The molecule has 0 fully saturated rings. The van der Waals surface area contributed by atoms with E-state index in [4.69, 9.17) is 4.98 Å². The van der Waals surface area contributed by atoms with Crippen LogP contribution in [0.1, 0.15) is 64.9 Å². The van der Waals surface area contributed by atoms with E-state index in [1.807, 2.05) is 42.5 Å². The number of unbranched alkanes of at least 4 members (excludes halogenated alkanes) is 5. The van der Waals surface area contributed by atoms with Gasteiger partial charge in [0.25, 0.3) is 0 Å². The summed E-state index contributed by atoms with van der Waals surface area (Å²) >= 11 is 1.61. The Morgan fingerprint density at radius 1 is 0.784 bits per heavy atom. The van der Waals surface area contributed by atoms with Crippen molar-refractivity contribution in [3.63, 3.8) is 0 Å². The first-order valence-corrected chi connectivity index (χ1v) is 14.4. The average Bonchev–Trinajstić information content (AvgIpc) is 3.34. The van der Waals surface area contributed by atoms with E-state index in [0.717, 1.165) is 70.1 Å². The van der Waals surface area contributed by atoms with Gasteiger partial charge in [0, 0.05) is 30.4 Å². The molecule has 0 saturated heterocycles. The van der Waals surface area contributed by atoms with Crippen LogP contribution in [0.5, 0.6) is 0 Å². The lowest BCUT2D eigenvalue weighted by molar-refractivity contribution is 0.581. The van der Waals surface area contributed by atoms with Crippen molar-refractivity contribution >= 4 is 38.6 Å². The minimum atomic E-state index is -0.140. The largest absolute Gasteiger partial charge is 0.372 e. The molecule has 37 heavy (non-hydrogen) atoms. The zero-order valence-corrected chi connectivity index (χ0v) is 23.0. The van der Waals surface area contributed by atoms with Crippen molar-refractivity contribution in [2.24, 2.45) is 10.2 Å². The van der Waals surface area contributed by atoms with E-state index in [-0.39, 0.29) is 5.82 Å². The van der Waals surface area contributed by atoms with E-state index >= 15 is 0 Å². The highest BCUT2D eigenvalue weighted by Crippen LogP contribution is 2.33. The monoisotopic (exact) mass is 516 g/mol. The second kappa shape index (κ2) is 13.4. The number of benzene rings is 3. The summed E-state index contributed by atoms with van der Waals surface area (Å²) in [5.74, 6) is -0.140. The zero-order chi connectivity index (χ0) is 26.0. The third-order valence-corrected chi connectivity index (χ3v) is 7.80. The molecule has 0 unspecified atom stereocenters. The molecule has 4 rings (SSSR count). The van der Waals surface area contributed by atoms with Gasteiger partial charge in [-0.3, -0.25) is 0 Å². The van der Waals surface area contributed by atoms with Crippen LogP contribution in [0.15, 0.2) is 70.9 Å². The summed E-state index contributed by atoms with van der Waals surface area (Å²) < 4.78 is 15.7. The van der Waals surface area contributed by atoms with Crippen molar-refractivity contribution < 1.29 is 4.39 Å². The van der Waals surface area contributed by atoms with E-state index in [9.17, 15) is 4.39 Å². The van der Waals surface area contributed by atoms with Crippen molar-refractivity contribution in [3.05, 3.63) is 72.0 Å². The molecule has 0 amide bonds. The standard InChI is InChI=1S/C31H37FN4S/c1-4-7-8-9-10-11-12-24-21-30-29(22-28(24)32)33-31(37-30)23-13-15-25(16-14-23)34-35-26-17-19-27(20-18-26)36(5-2)6-3/h13-22H,4-12H2,1-3H3. The highest BCUT2D eigenvalue weighted by Gasteiger charge is 2.11. The number of aromatic nitrogens is 1.